The zero-order valence-electron chi connectivity index (χ0n) is 27.1. The van der Waals surface area contributed by atoms with Crippen molar-refractivity contribution >= 4 is 46.1 Å². The standard InChI is InChI=1S/C42H38O3P2/c1-41(2)35-27-17-29-37(46(43,31-19-9-5-10-20-31)32-21-11-6-12-22-32)39(35)40-36(42(3,4)45-41)28-18-30-38(40)47(44,33-23-13-7-14-24-33)34-25-15-8-16-26-34/h5-30H,1-4H3. The summed E-state index contributed by atoms with van der Waals surface area (Å²) in [4.78, 5) is 0. The fraction of sp³-hybridized carbons (Fsp3) is 0.143. The molecule has 1 aliphatic rings. The Balaban J connectivity index is 1.69. The predicted octanol–water partition coefficient (Wildman–Crippen LogP) is 8.13. The van der Waals surface area contributed by atoms with E-state index < -0.39 is 25.5 Å². The van der Waals surface area contributed by atoms with Crippen LogP contribution in [0.2, 0.25) is 0 Å². The van der Waals surface area contributed by atoms with Gasteiger partial charge in [-0.1, -0.05) is 158 Å². The zero-order valence-corrected chi connectivity index (χ0v) is 28.9. The van der Waals surface area contributed by atoms with E-state index in [2.05, 4.69) is 39.8 Å². The zero-order chi connectivity index (χ0) is 32.9. The van der Waals surface area contributed by atoms with Gasteiger partial charge in [0, 0.05) is 43.0 Å². The molecular formula is C42H38O3P2. The van der Waals surface area contributed by atoms with Crippen molar-refractivity contribution in [3.8, 4) is 11.1 Å². The van der Waals surface area contributed by atoms with E-state index in [9.17, 15) is 0 Å². The summed E-state index contributed by atoms with van der Waals surface area (Å²) < 4.78 is 39.4. The van der Waals surface area contributed by atoms with E-state index in [4.69, 9.17) is 4.74 Å². The summed E-state index contributed by atoms with van der Waals surface area (Å²) >= 11 is 0. The third-order valence-corrected chi connectivity index (χ3v) is 15.5. The molecule has 234 valence electrons. The van der Waals surface area contributed by atoms with Gasteiger partial charge in [0.2, 0.25) is 0 Å². The van der Waals surface area contributed by atoms with Gasteiger partial charge in [-0.15, -0.1) is 0 Å². The van der Waals surface area contributed by atoms with Gasteiger partial charge in [-0.05, 0) is 38.8 Å². The Labute approximate surface area is 278 Å². The van der Waals surface area contributed by atoms with Gasteiger partial charge < -0.3 is 13.9 Å². The van der Waals surface area contributed by atoms with E-state index in [1.54, 1.807) is 0 Å². The molecule has 6 aromatic rings. The Morgan fingerprint density at radius 2 is 0.660 bits per heavy atom. The maximum absolute atomic E-state index is 16.2. The lowest BCUT2D eigenvalue weighted by Crippen LogP contribution is -2.32. The molecule has 0 saturated carbocycles. The van der Waals surface area contributed by atoms with Crippen LogP contribution >= 0.6 is 14.3 Å². The molecule has 5 heteroatoms. The van der Waals surface area contributed by atoms with Crippen molar-refractivity contribution in [3.05, 3.63) is 169 Å². The second kappa shape index (κ2) is 11.8. The number of hydrogen-bond acceptors (Lipinski definition) is 3. The second-order valence-corrected chi connectivity index (χ2v) is 18.5. The number of benzene rings is 6. The highest BCUT2D eigenvalue weighted by Crippen LogP contribution is 2.55. The van der Waals surface area contributed by atoms with Crippen molar-refractivity contribution in [1.29, 1.82) is 0 Å². The first-order valence-corrected chi connectivity index (χ1v) is 19.4. The average molecular weight is 653 g/mol. The van der Waals surface area contributed by atoms with Crippen molar-refractivity contribution in [2.75, 3.05) is 0 Å². The molecule has 1 heterocycles. The summed E-state index contributed by atoms with van der Waals surface area (Å²) in [5, 5.41) is 4.40. The van der Waals surface area contributed by atoms with Crippen molar-refractivity contribution in [2.24, 2.45) is 0 Å². The van der Waals surface area contributed by atoms with Crippen LogP contribution in [0.25, 0.3) is 11.1 Å². The van der Waals surface area contributed by atoms with Crippen LogP contribution in [0.4, 0.5) is 0 Å². The van der Waals surface area contributed by atoms with Gasteiger partial charge in [-0.2, -0.15) is 0 Å². The van der Waals surface area contributed by atoms with E-state index in [1.165, 1.54) is 0 Å². The summed E-state index contributed by atoms with van der Waals surface area (Å²) in [5.74, 6) is 0. The van der Waals surface area contributed by atoms with Crippen LogP contribution < -0.4 is 31.8 Å². The Morgan fingerprint density at radius 1 is 0.383 bits per heavy atom. The highest BCUT2D eigenvalue weighted by atomic mass is 31.2. The van der Waals surface area contributed by atoms with Crippen molar-refractivity contribution in [3.63, 3.8) is 0 Å². The molecule has 0 aliphatic carbocycles. The smallest absolute Gasteiger partial charge is 0.171 e. The van der Waals surface area contributed by atoms with Crippen LogP contribution in [0.1, 0.15) is 38.8 Å². The van der Waals surface area contributed by atoms with E-state index in [-0.39, 0.29) is 0 Å². The summed E-state index contributed by atoms with van der Waals surface area (Å²) in [6.07, 6.45) is 0. The van der Waals surface area contributed by atoms with Gasteiger partial charge in [0.25, 0.3) is 0 Å². The van der Waals surface area contributed by atoms with Gasteiger partial charge >= 0.3 is 0 Å². The summed E-state index contributed by atoms with van der Waals surface area (Å²) in [6.45, 7) is 8.30. The molecule has 1 aliphatic heterocycles. The van der Waals surface area contributed by atoms with Crippen LogP contribution in [0, 0.1) is 0 Å². The monoisotopic (exact) mass is 652 g/mol. The summed E-state index contributed by atoms with van der Waals surface area (Å²) in [6, 6.07) is 51.2. The van der Waals surface area contributed by atoms with Gasteiger partial charge in [0.15, 0.2) is 14.3 Å². The normalized spacial score (nSPS) is 15.2. The molecule has 0 unspecified atom stereocenters. The topological polar surface area (TPSA) is 43.4 Å². The lowest BCUT2D eigenvalue weighted by molar-refractivity contribution is -0.130. The molecule has 0 N–H and O–H groups in total. The molecule has 0 saturated heterocycles. The quantitative estimate of drug-likeness (QED) is 0.171. The maximum atomic E-state index is 16.2. The van der Waals surface area contributed by atoms with E-state index in [0.29, 0.717) is 10.6 Å². The Bertz CT molecular complexity index is 1910. The number of ether oxygens (including phenoxy) is 1. The largest absolute Gasteiger partial charge is 0.360 e. The van der Waals surface area contributed by atoms with Crippen LogP contribution in [-0.2, 0) is 25.1 Å². The van der Waals surface area contributed by atoms with Gasteiger partial charge in [0.1, 0.15) is 0 Å². The number of fused-ring (bicyclic) bond motifs is 3. The molecule has 0 atom stereocenters. The third kappa shape index (κ3) is 5.10. The molecule has 47 heavy (non-hydrogen) atoms. The van der Waals surface area contributed by atoms with Gasteiger partial charge in [0.05, 0.1) is 11.2 Å². The first-order chi connectivity index (χ1) is 22.6. The van der Waals surface area contributed by atoms with Crippen molar-refractivity contribution < 1.29 is 13.9 Å². The lowest BCUT2D eigenvalue weighted by Gasteiger charge is -2.35. The highest BCUT2D eigenvalue weighted by Gasteiger charge is 2.45. The number of rotatable bonds is 6. The molecular weight excluding hydrogens is 614 g/mol. The van der Waals surface area contributed by atoms with Crippen LogP contribution in [-0.4, -0.2) is 0 Å². The van der Waals surface area contributed by atoms with Gasteiger partial charge in [-0.3, -0.25) is 0 Å². The molecule has 6 aromatic carbocycles. The second-order valence-electron chi connectivity index (χ2n) is 13.1. The molecule has 0 fully saturated rings. The highest BCUT2D eigenvalue weighted by molar-refractivity contribution is 7.86. The fourth-order valence-electron chi connectivity index (χ4n) is 7.29. The average Bonchev–Trinajstić information content (AvgIpc) is 3.18. The minimum Gasteiger partial charge on any atom is -0.360 e. The minimum absolute atomic E-state index is 0.711. The SMILES string of the molecule is CC1(C)OC(C)(C)c2cccc(P(=O)(c3ccccc3)c3ccccc3)c2-c2c1cccc2P(=O)(c1ccccc1)c1ccccc1. The van der Waals surface area contributed by atoms with E-state index >= 15 is 9.13 Å². The van der Waals surface area contributed by atoms with Crippen LogP contribution in [0.15, 0.2) is 158 Å². The van der Waals surface area contributed by atoms with E-state index in [1.807, 2.05) is 146 Å². The minimum atomic E-state index is -3.47. The first kappa shape index (κ1) is 31.3. The maximum Gasteiger partial charge on any atom is 0.171 e. The van der Waals surface area contributed by atoms with Crippen LogP contribution in [0.3, 0.4) is 0 Å². The van der Waals surface area contributed by atoms with Gasteiger partial charge in [-0.25, -0.2) is 0 Å². The van der Waals surface area contributed by atoms with Crippen molar-refractivity contribution in [2.45, 2.75) is 38.9 Å². The predicted molar refractivity (Wildman–Crippen MR) is 198 cm³/mol. The Morgan fingerprint density at radius 3 is 0.936 bits per heavy atom. The molecule has 3 nitrogen and oxygen atoms in total. The van der Waals surface area contributed by atoms with Crippen molar-refractivity contribution in [1.82, 2.24) is 0 Å². The molecule has 0 aromatic heterocycles. The summed E-state index contributed by atoms with van der Waals surface area (Å²) in [5.41, 5.74) is 1.94. The third-order valence-electron chi connectivity index (χ3n) is 9.30. The molecule has 0 radical (unpaired) electrons. The molecule has 0 spiro atoms. The first-order valence-electron chi connectivity index (χ1n) is 16.0. The Hall–Kier alpha value is -4.26. The van der Waals surface area contributed by atoms with E-state index in [0.717, 1.165) is 43.5 Å². The molecule has 0 bridgehead atoms. The molecule has 7 rings (SSSR count). The summed E-state index contributed by atoms with van der Waals surface area (Å²) in [7, 11) is -6.94. The van der Waals surface area contributed by atoms with Crippen LogP contribution in [0.5, 0.6) is 0 Å². The fourth-order valence-corrected chi connectivity index (χ4v) is 13.1. The Kier molecular flexibility index (Phi) is 7.85. The number of hydrogen-bond donors (Lipinski definition) is 0. The molecule has 0 amide bonds. The lowest BCUT2D eigenvalue weighted by atomic mass is 9.87.